The Morgan fingerprint density at radius 3 is 2.57 bits per heavy atom. The Morgan fingerprint density at radius 1 is 1.43 bits per heavy atom. The highest BCUT2D eigenvalue weighted by Crippen LogP contribution is 2.10. The van der Waals surface area contributed by atoms with Crippen LogP contribution in [-0.4, -0.2) is 23.6 Å². The van der Waals surface area contributed by atoms with Crippen molar-refractivity contribution in [2.45, 2.75) is 19.1 Å². The maximum absolute atomic E-state index is 11.4. The molecule has 0 amide bonds. The number of rotatable bonds is 3. The van der Waals surface area contributed by atoms with Crippen LogP contribution in [0.2, 0.25) is 5.15 Å². The second-order valence-electron chi connectivity index (χ2n) is 2.92. The number of anilines is 1. The molecule has 0 aliphatic rings. The molecule has 7 heteroatoms. The van der Waals surface area contributed by atoms with Crippen LogP contribution in [0.1, 0.15) is 13.8 Å². The molecule has 0 aromatic carbocycles. The van der Waals surface area contributed by atoms with Gasteiger partial charge in [-0.15, -0.1) is 0 Å². The SMILES string of the molecule is CC(C)S(=O)(=O)Nc1cncc(Cl)n1. The molecule has 0 radical (unpaired) electrons. The van der Waals surface area contributed by atoms with Gasteiger partial charge < -0.3 is 0 Å². The van der Waals surface area contributed by atoms with Crippen LogP contribution in [0.25, 0.3) is 0 Å². The third-order valence-corrected chi connectivity index (χ3v) is 3.39. The first-order chi connectivity index (χ1) is 6.42. The van der Waals surface area contributed by atoms with Crippen molar-refractivity contribution in [1.29, 1.82) is 0 Å². The number of hydrogen-bond acceptors (Lipinski definition) is 4. The van der Waals surface area contributed by atoms with Gasteiger partial charge in [-0.3, -0.25) is 9.71 Å². The Balaban J connectivity index is 2.90. The average Bonchev–Trinajstić information content (AvgIpc) is 2.02. The van der Waals surface area contributed by atoms with Crippen molar-refractivity contribution in [2.75, 3.05) is 4.72 Å². The Bertz CT molecular complexity index is 419. The minimum atomic E-state index is -3.38. The van der Waals surface area contributed by atoms with Crippen LogP contribution < -0.4 is 4.72 Å². The summed E-state index contributed by atoms with van der Waals surface area (Å²) in [5, 5.41) is -0.378. The quantitative estimate of drug-likeness (QED) is 0.857. The lowest BCUT2D eigenvalue weighted by Gasteiger charge is -2.09. The van der Waals surface area contributed by atoms with Gasteiger partial charge in [-0.1, -0.05) is 11.6 Å². The second kappa shape index (κ2) is 4.10. The molecule has 1 heterocycles. The molecule has 0 saturated heterocycles. The van der Waals surface area contributed by atoms with Gasteiger partial charge in [-0.05, 0) is 13.8 Å². The number of sulfonamides is 1. The van der Waals surface area contributed by atoms with E-state index in [1.54, 1.807) is 13.8 Å². The minimum Gasteiger partial charge on any atom is -0.266 e. The van der Waals surface area contributed by atoms with Crippen molar-refractivity contribution in [3.8, 4) is 0 Å². The van der Waals surface area contributed by atoms with Gasteiger partial charge in [0.2, 0.25) is 10.0 Å². The highest BCUT2D eigenvalue weighted by molar-refractivity contribution is 7.93. The Kier molecular flexibility index (Phi) is 3.28. The molecule has 0 spiro atoms. The zero-order chi connectivity index (χ0) is 10.8. The molecule has 1 aromatic heterocycles. The van der Waals surface area contributed by atoms with Crippen LogP contribution >= 0.6 is 11.6 Å². The number of hydrogen-bond donors (Lipinski definition) is 1. The lowest BCUT2D eigenvalue weighted by atomic mass is 10.6. The van der Waals surface area contributed by atoms with E-state index in [0.29, 0.717) is 0 Å². The summed E-state index contributed by atoms with van der Waals surface area (Å²) in [6.07, 6.45) is 2.63. The van der Waals surface area contributed by atoms with Crippen molar-refractivity contribution < 1.29 is 8.42 Å². The van der Waals surface area contributed by atoms with Gasteiger partial charge >= 0.3 is 0 Å². The van der Waals surface area contributed by atoms with Crippen LogP contribution in [0.3, 0.4) is 0 Å². The van der Waals surface area contributed by atoms with E-state index < -0.39 is 15.3 Å². The smallest absolute Gasteiger partial charge is 0.236 e. The highest BCUT2D eigenvalue weighted by Gasteiger charge is 2.16. The number of halogens is 1. The lowest BCUT2D eigenvalue weighted by molar-refractivity contribution is 0.592. The van der Waals surface area contributed by atoms with Crippen molar-refractivity contribution in [2.24, 2.45) is 0 Å². The molecule has 0 unspecified atom stereocenters. The van der Waals surface area contributed by atoms with E-state index >= 15 is 0 Å². The summed E-state index contributed by atoms with van der Waals surface area (Å²) >= 11 is 5.54. The van der Waals surface area contributed by atoms with E-state index in [2.05, 4.69) is 14.7 Å². The molecule has 1 aromatic rings. The fraction of sp³-hybridized carbons (Fsp3) is 0.429. The number of nitrogens with zero attached hydrogens (tertiary/aromatic N) is 2. The molecule has 14 heavy (non-hydrogen) atoms. The fourth-order valence-electron chi connectivity index (χ4n) is 0.655. The van der Waals surface area contributed by atoms with E-state index in [4.69, 9.17) is 11.6 Å². The maximum Gasteiger partial charge on any atom is 0.236 e. The summed E-state index contributed by atoms with van der Waals surface area (Å²) in [4.78, 5) is 7.46. The van der Waals surface area contributed by atoms with E-state index in [-0.39, 0.29) is 11.0 Å². The third-order valence-electron chi connectivity index (χ3n) is 1.47. The molecule has 78 valence electrons. The molecule has 0 bridgehead atoms. The molecule has 0 aliphatic carbocycles. The van der Waals surface area contributed by atoms with Gasteiger partial charge in [0.15, 0.2) is 5.82 Å². The Hall–Kier alpha value is -0.880. The van der Waals surface area contributed by atoms with Crippen molar-refractivity contribution in [3.63, 3.8) is 0 Å². The van der Waals surface area contributed by atoms with Crippen LogP contribution in [0.5, 0.6) is 0 Å². The van der Waals surface area contributed by atoms with Gasteiger partial charge in [0, 0.05) is 0 Å². The van der Waals surface area contributed by atoms with Crippen LogP contribution in [0, 0.1) is 0 Å². The zero-order valence-electron chi connectivity index (χ0n) is 7.73. The largest absolute Gasteiger partial charge is 0.266 e. The van der Waals surface area contributed by atoms with E-state index in [1.807, 2.05) is 0 Å². The summed E-state index contributed by atoms with van der Waals surface area (Å²) in [6.45, 7) is 3.14. The molecule has 5 nitrogen and oxygen atoms in total. The summed E-state index contributed by atoms with van der Waals surface area (Å²) in [5.41, 5.74) is 0. The second-order valence-corrected chi connectivity index (χ2v) is 5.55. The van der Waals surface area contributed by atoms with Crippen LogP contribution in [0.4, 0.5) is 5.82 Å². The first-order valence-corrected chi connectivity index (χ1v) is 5.83. The highest BCUT2D eigenvalue weighted by atomic mass is 35.5. The average molecular weight is 236 g/mol. The van der Waals surface area contributed by atoms with Gasteiger partial charge in [0.25, 0.3) is 0 Å². The molecule has 0 fully saturated rings. The maximum atomic E-state index is 11.4. The standard InChI is InChI=1S/C7H10ClN3O2S/c1-5(2)14(12,13)11-7-4-9-3-6(8)10-7/h3-5H,1-2H3,(H,10,11). The zero-order valence-corrected chi connectivity index (χ0v) is 9.30. The topological polar surface area (TPSA) is 72.0 Å². The molecule has 0 saturated carbocycles. The van der Waals surface area contributed by atoms with Crippen molar-refractivity contribution in [1.82, 2.24) is 9.97 Å². The lowest BCUT2D eigenvalue weighted by Crippen LogP contribution is -2.23. The summed E-state index contributed by atoms with van der Waals surface area (Å²) in [7, 11) is -3.38. The predicted molar refractivity (Wildman–Crippen MR) is 54.7 cm³/mol. The molecular weight excluding hydrogens is 226 g/mol. The van der Waals surface area contributed by atoms with Crippen LogP contribution in [-0.2, 0) is 10.0 Å². The first-order valence-electron chi connectivity index (χ1n) is 3.91. The first kappa shape index (κ1) is 11.2. The number of aromatic nitrogens is 2. The normalized spacial score (nSPS) is 11.7. The molecule has 1 rings (SSSR count). The summed E-state index contributed by atoms with van der Waals surface area (Å²) < 4.78 is 25.1. The molecule has 1 N–H and O–H groups in total. The van der Waals surface area contributed by atoms with E-state index in [0.717, 1.165) is 0 Å². The fourth-order valence-corrected chi connectivity index (χ4v) is 1.43. The van der Waals surface area contributed by atoms with Crippen molar-refractivity contribution in [3.05, 3.63) is 17.5 Å². The predicted octanol–water partition coefficient (Wildman–Crippen LogP) is 1.28. The molecule has 0 aliphatic heterocycles. The van der Waals surface area contributed by atoms with E-state index in [1.165, 1.54) is 12.4 Å². The van der Waals surface area contributed by atoms with Gasteiger partial charge in [-0.2, -0.15) is 0 Å². The summed E-state index contributed by atoms with van der Waals surface area (Å²) in [6, 6.07) is 0. The van der Waals surface area contributed by atoms with Crippen LogP contribution in [0.15, 0.2) is 12.4 Å². The Morgan fingerprint density at radius 2 is 2.07 bits per heavy atom. The van der Waals surface area contributed by atoms with E-state index in [9.17, 15) is 8.42 Å². The monoisotopic (exact) mass is 235 g/mol. The van der Waals surface area contributed by atoms with Gasteiger partial charge in [0.1, 0.15) is 5.15 Å². The Labute approximate surface area is 87.6 Å². The molecular formula is C7H10ClN3O2S. The summed E-state index contributed by atoms with van der Waals surface area (Å²) in [5.74, 6) is 0.131. The third kappa shape index (κ3) is 2.81. The van der Waals surface area contributed by atoms with Gasteiger partial charge in [-0.25, -0.2) is 13.4 Å². The molecule has 0 atom stereocenters. The van der Waals surface area contributed by atoms with Crippen molar-refractivity contribution >= 4 is 27.4 Å². The minimum absolute atomic E-state index is 0.131. The van der Waals surface area contributed by atoms with Gasteiger partial charge in [0.05, 0.1) is 17.6 Å². The number of nitrogens with one attached hydrogen (secondary N) is 1.